The SMILES string of the molecule is CC(C)CC(O)c1ccc(C=O)cc1. The van der Waals surface area contributed by atoms with E-state index in [1.807, 2.05) is 0 Å². The first-order valence-electron chi connectivity index (χ1n) is 4.86. The van der Waals surface area contributed by atoms with E-state index in [2.05, 4.69) is 13.8 Å². The maximum Gasteiger partial charge on any atom is 0.150 e. The first kappa shape index (κ1) is 10.9. The fourth-order valence-electron chi connectivity index (χ4n) is 1.38. The summed E-state index contributed by atoms with van der Waals surface area (Å²) in [6, 6.07) is 7.06. The van der Waals surface area contributed by atoms with Gasteiger partial charge in [0.2, 0.25) is 0 Å². The number of benzene rings is 1. The second-order valence-corrected chi connectivity index (χ2v) is 3.93. The van der Waals surface area contributed by atoms with Crippen LogP contribution in [-0.2, 0) is 0 Å². The van der Waals surface area contributed by atoms with Gasteiger partial charge in [0.25, 0.3) is 0 Å². The fraction of sp³-hybridized carbons (Fsp3) is 0.417. The molecule has 1 aromatic rings. The second kappa shape index (κ2) is 4.91. The monoisotopic (exact) mass is 192 g/mol. The lowest BCUT2D eigenvalue weighted by Crippen LogP contribution is -2.01. The smallest absolute Gasteiger partial charge is 0.150 e. The third-order valence-corrected chi connectivity index (χ3v) is 2.15. The van der Waals surface area contributed by atoms with Crippen LogP contribution in [0.5, 0.6) is 0 Å². The Balaban J connectivity index is 2.71. The van der Waals surface area contributed by atoms with Crippen LogP contribution >= 0.6 is 0 Å². The molecule has 0 bridgehead atoms. The van der Waals surface area contributed by atoms with E-state index in [-0.39, 0.29) is 0 Å². The Kier molecular flexibility index (Phi) is 3.84. The topological polar surface area (TPSA) is 37.3 Å². The Bertz CT molecular complexity index is 288. The standard InChI is InChI=1S/C12H16O2/c1-9(2)7-12(14)11-5-3-10(8-13)4-6-11/h3-6,8-9,12,14H,7H2,1-2H3. The molecule has 1 aromatic carbocycles. The molecule has 0 aliphatic heterocycles. The van der Waals surface area contributed by atoms with Crippen molar-refractivity contribution in [3.05, 3.63) is 35.4 Å². The Morgan fingerprint density at radius 2 is 1.86 bits per heavy atom. The highest BCUT2D eigenvalue weighted by Gasteiger charge is 2.08. The summed E-state index contributed by atoms with van der Waals surface area (Å²) in [5, 5.41) is 9.77. The normalized spacial score (nSPS) is 12.9. The Labute approximate surface area is 84.6 Å². The van der Waals surface area contributed by atoms with Gasteiger partial charge in [0.1, 0.15) is 6.29 Å². The van der Waals surface area contributed by atoms with Gasteiger partial charge >= 0.3 is 0 Å². The van der Waals surface area contributed by atoms with Crippen LogP contribution in [0.3, 0.4) is 0 Å². The number of carbonyl (C=O) groups excluding carboxylic acids is 1. The minimum Gasteiger partial charge on any atom is -0.388 e. The predicted octanol–water partition coefficient (Wildman–Crippen LogP) is 2.58. The third-order valence-electron chi connectivity index (χ3n) is 2.15. The summed E-state index contributed by atoms with van der Waals surface area (Å²) in [5.74, 6) is 0.468. The van der Waals surface area contributed by atoms with Crippen molar-refractivity contribution in [3.63, 3.8) is 0 Å². The molecular formula is C12H16O2. The summed E-state index contributed by atoms with van der Waals surface area (Å²) in [4.78, 5) is 10.4. The van der Waals surface area contributed by atoms with E-state index in [9.17, 15) is 9.90 Å². The number of aldehydes is 1. The molecule has 0 aliphatic rings. The van der Waals surface area contributed by atoms with Crippen molar-refractivity contribution in [1.29, 1.82) is 0 Å². The van der Waals surface area contributed by atoms with Crippen molar-refractivity contribution in [2.75, 3.05) is 0 Å². The average Bonchev–Trinajstić information content (AvgIpc) is 2.17. The van der Waals surface area contributed by atoms with Gasteiger partial charge in [-0.3, -0.25) is 4.79 Å². The largest absolute Gasteiger partial charge is 0.388 e. The maximum atomic E-state index is 10.4. The summed E-state index contributed by atoms with van der Waals surface area (Å²) in [6.45, 7) is 4.14. The molecule has 1 unspecified atom stereocenters. The van der Waals surface area contributed by atoms with Crippen molar-refractivity contribution < 1.29 is 9.90 Å². The Hall–Kier alpha value is -1.15. The fourth-order valence-corrected chi connectivity index (χ4v) is 1.38. The van der Waals surface area contributed by atoms with Crippen LogP contribution in [0.2, 0.25) is 0 Å². The van der Waals surface area contributed by atoms with Gasteiger partial charge in [-0.05, 0) is 17.9 Å². The van der Waals surface area contributed by atoms with E-state index in [0.717, 1.165) is 18.3 Å². The van der Waals surface area contributed by atoms with Gasteiger partial charge in [-0.1, -0.05) is 38.1 Å². The van der Waals surface area contributed by atoms with Crippen LogP contribution in [0.25, 0.3) is 0 Å². The molecule has 1 rings (SSSR count). The quantitative estimate of drug-likeness (QED) is 0.744. The predicted molar refractivity (Wildman–Crippen MR) is 56.2 cm³/mol. The van der Waals surface area contributed by atoms with Crippen LogP contribution in [0, 0.1) is 5.92 Å². The molecule has 2 heteroatoms. The zero-order valence-electron chi connectivity index (χ0n) is 8.60. The maximum absolute atomic E-state index is 10.4. The zero-order chi connectivity index (χ0) is 10.6. The van der Waals surface area contributed by atoms with Crippen molar-refractivity contribution in [1.82, 2.24) is 0 Å². The summed E-state index contributed by atoms with van der Waals surface area (Å²) in [5.41, 5.74) is 1.52. The van der Waals surface area contributed by atoms with Crippen LogP contribution in [0.1, 0.15) is 42.3 Å². The number of rotatable bonds is 4. The lowest BCUT2D eigenvalue weighted by Gasteiger charge is -2.13. The minimum absolute atomic E-state index is 0.421. The van der Waals surface area contributed by atoms with Gasteiger partial charge in [0.05, 0.1) is 6.10 Å². The summed E-state index contributed by atoms with van der Waals surface area (Å²) >= 11 is 0. The van der Waals surface area contributed by atoms with Crippen molar-refractivity contribution >= 4 is 6.29 Å². The number of aliphatic hydroxyl groups is 1. The second-order valence-electron chi connectivity index (χ2n) is 3.93. The van der Waals surface area contributed by atoms with Crippen LogP contribution in [-0.4, -0.2) is 11.4 Å². The number of aliphatic hydroxyl groups excluding tert-OH is 1. The molecular weight excluding hydrogens is 176 g/mol. The van der Waals surface area contributed by atoms with Gasteiger partial charge in [0.15, 0.2) is 0 Å². The first-order valence-corrected chi connectivity index (χ1v) is 4.86. The van der Waals surface area contributed by atoms with Gasteiger partial charge in [-0.15, -0.1) is 0 Å². The Morgan fingerprint density at radius 3 is 2.29 bits per heavy atom. The zero-order valence-corrected chi connectivity index (χ0v) is 8.60. The van der Waals surface area contributed by atoms with E-state index >= 15 is 0 Å². The van der Waals surface area contributed by atoms with E-state index in [1.165, 1.54) is 0 Å². The van der Waals surface area contributed by atoms with Crippen LogP contribution < -0.4 is 0 Å². The first-order chi connectivity index (χ1) is 6.63. The highest BCUT2D eigenvalue weighted by Crippen LogP contribution is 2.20. The third kappa shape index (κ3) is 2.96. The van der Waals surface area contributed by atoms with E-state index < -0.39 is 6.10 Å². The molecule has 1 N–H and O–H groups in total. The molecule has 76 valence electrons. The highest BCUT2D eigenvalue weighted by atomic mass is 16.3. The van der Waals surface area contributed by atoms with E-state index in [1.54, 1.807) is 24.3 Å². The lowest BCUT2D eigenvalue weighted by molar-refractivity contribution is 0.112. The molecule has 0 aromatic heterocycles. The molecule has 0 heterocycles. The lowest BCUT2D eigenvalue weighted by atomic mass is 9.99. The van der Waals surface area contributed by atoms with Gasteiger partial charge in [0, 0.05) is 5.56 Å². The number of hydrogen-bond donors (Lipinski definition) is 1. The number of hydrogen-bond acceptors (Lipinski definition) is 2. The molecule has 0 aliphatic carbocycles. The molecule has 1 atom stereocenters. The van der Waals surface area contributed by atoms with Crippen LogP contribution in [0.15, 0.2) is 24.3 Å². The van der Waals surface area contributed by atoms with Gasteiger partial charge in [-0.25, -0.2) is 0 Å². The van der Waals surface area contributed by atoms with Crippen molar-refractivity contribution in [2.24, 2.45) is 5.92 Å². The van der Waals surface area contributed by atoms with Gasteiger partial charge in [-0.2, -0.15) is 0 Å². The molecule has 0 saturated heterocycles. The van der Waals surface area contributed by atoms with E-state index in [4.69, 9.17) is 0 Å². The molecule has 0 amide bonds. The highest BCUT2D eigenvalue weighted by molar-refractivity contribution is 5.74. The molecule has 14 heavy (non-hydrogen) atoms. The molecule has 2 nitrogen and oxygen atoms in total. The minimum atomic E-state index is -0.421. The summed E-state index contributed by atoms with van der Waals surface area (Å²) in [7, 11) is 0. The Morgan fingerprint density at radius 1 is 1.29 bits per heavy atom. The van der Waals surface area contributed by atoms with Crippen molar-refractivity contribution in [3.8, 4) is 0 Å². The molecule has 0 fully saturated rings. The average molecular weight is 192 g/mol. The van der Waals surface area contributed by atoms with Crippen LogP contribution in [0.4, 0.5) is 0 Å². The summed E-state index contributed by atoms with van der Waals surface area (Å²) in [6.07, 6.45) is 1.13. The number of carbonyl (C=O) groups is 1. The van der Waals surface area contributed by atoms with E-state index in [0.29, 0.717) is 11.5 Å². The summed E-state index contributed by atoms with van der Waals surface area (Å²) < 4.78 is 0. The van der Waals surface area contributed by atoms with Crippen molar-refractivity contribution in [2.45, 2.75) is 26.4 Å². The molecule has 0 spiro atoms. The molecule has 0 saturated carbocycles. The van der Waals surface area contributed by atoms with Gasteiger partial charge < -0.3 is 5.11 Å². The molecule has 0 radical (unpaired) electrons.